The second kappa shape index (κ2) is 6.03. The summed E-state index contributed by atoms with van der Waals surface area (Å²) in [4.78, 5) is 19.0. The maximum Gasteiger partial charge on any atom is 0.107 e. The lowest BCUT2D eigenvalue weighted by molar-refractivity contribution is 0.0183. The van der Waals surface area contributed by atoms with E-state index < -0.39 is 0 Å². The highest BCUT2D eigenvalue weighted by Crippen LogP contribution is 2.63. The number of hydrogen-bond acceptors (Lipinski definition) is 4. The smallest absolute Gasteiger partial charge is 0.107 e. The Labute approximate surface area is 190 Å². The van der Waals surface area contributed by atoms with E-state index in [1.165, 1.54) is 35.1 Å². The van der Waals surface area contributed by atoms with Crippen molar-refractivity contribution >= 4 is 0 Å². The zero-order valence-electron chi connectivity index (χ0n) is 19.4. The van der Waals surface area contributed by atoms with E-state index in [2.05, 4.69) is 52.2 Å². The molecule has 3 heterocycles. The predicted octanol–water partition coefficient (Wildman–Crippen LogP) is 5.97. The molecule has 4 nitrogen and oxygen atoms in total. The fourth-order valence-corrected chi connectivity index (χ4v) is 7.18. The largest absolute Gasteiger partial charge is 0.254 e. The van der Waals surface area contributed by atoms with Gasteiger partial charge in [-0.2, -0.15) is 0 Å². The van der Waals surface area contributed by atoms with E-state index in [0.29, 0.717) is 22.7 Å². The topological polar surface area (TPSA) is 51.6 Å². The molecule has 0 radical (unpaired) electrons. The van der Waals surface area contributed by atoms with Crippen LogP contribution in [0.4, 0.5) is 0 Å². The predicted molar refractivity (Wildman–Crippen MR) is 125 cm³/mol. The molecule has 32 heavy (non-hydrogen) atoms. The van der Waals surface area contributed by atoms with Crippen LogP contribution in [-0.2, 0) is 12.8 Å². The highest BCUT2D eigenvalue weighted by atomic mass is 14.9. The minimum Gasteiger partial charge on any atom is -0.254 e. The van der Waals surface area contributed by atoms with Gasteiger partial charge < -0.3 is 0 Å². The molecule has 0 aromatic carbocycles. The van der Waals surface area contributed by atoms with E-state index in [1.807, 2.05) is 12.4 Å². The van der Waals surface area contributed by atoms with Gasteiger partial charge >= 0.3 is 0 Å². The van der Waals surface area contributed by atoms with Gasteiger partial charge in [0.05, 0.1) is 23.8 Å². The molecule has 0 unspecified atom stereocenters. The van der Waals surface area contributed by atoms with Crippen molar-refractivity contribution in [2.75, 3.05) is 0 Å². The van der Waals surface area contributed by atoms with Gasteiger partial charge in [-0.1, -0.05) is 27.7 Å². The third kappa shape index (κ3) is 2.39. The van der Waals surface area contributed by atoms with Crippen molar-refractivity contribution in [3.63, 3.8) is 0 Å². The standard InChI is InChI=1S/C28H30N4/c1-27(2)17-5-15-7-23(29-11-19(15)21(27)9-17)25-13-32-26(14-31-25)24-8-16-6-18-10-22(28(18,3)4)20(16)12-30-24/h7-8,11-14,17-18,21-22H,5-6,9-10H2,1-4H3/t17-,18-,21-,22-/m0/s1. The molecule has 4 heteroatoms. The molecule has 2 fully saturated rings. The van der Waals surface area contributed by atoms with Crippen LogP contribution in [0.1, 0.15) is 74.6 Å². The van der Waals surface area contributed by atoms with Gasteiger partial charge in [-0.15, -0.1) is 0 Å². The Morgan fingerprint density at radius 3 is 1.38 bits per heavy atom. The van der Waals surface area contributed by atoms with Crippen molar-refractivity contribution < 1.29 is 0 Å². The minimum absolute atomic E-state index is 0.426. The maximum absolute atomic E-state index is 4.77. The summed E-state index contributed by atoms with van der Waals surface area (Å²) in [6.07, 6.45) is 12.9. The highest BCUT2D eigenvalue weighted by Gasteiger charge is 2.53. The third-order valence-electron chi connectivity index (χ3n) is 9.85. The summed E-state index contributed by atoms with van der Waals surface area (Å²) in [5.74, 6) is 2.93. The fourth-order valence-electron chi connectivity index (χ4n) is 7.18. The molecule has 0 amide bonds. The normalized spacial score (nSPS) is 29.9. The average molecular weight is 423 g/mol. The van der Waals surface area contributed by atoms with Gasteiger partial charge in [-0.3, -0.25) is 19.9 Å². The van der Waals surface area contributed by atoms with Crippen LogP contribution in [0.25, 0.3) is 22.8 Å². The summed E-state index contributed by atoms with van der Waals surface area (Å²) in [5.41, 5.74) is 10.2. The van der Waals surface area contributed by atoms with Crippen LogP contribution in [0.5, 0.6) is 0 Å². The summed E-state index contributed by atoms with van der Waals surface area (Å²) in [6, 6.07) is 4.50. The second-order valence-corrected chi connectivity index (χ2v) is 11.8. The Morgan fingerprint density at radius 2 is 1.00 bits per heavy atom. The quantitative estimate of drug-likeness (QED) is 0.510. The van der Waals surface area contributed by atoms with Crippen LogP contribution < -0.4 is 0 Å². The Kier molecular flexibility index (Phi) is 3.56. The van der Waals surface area contributed by atoms with Crippen molar-refractivity contribution in [1.82, 2.24) is 19.9 Å². The third-order valence-corrected chi connectivity index (χ3v) is 9.85. The molecule has 3 aromatic heterocycles. The molecule has 162 valence electrons. The first kappa shape index (κ1) is 18.9. The summed E-state index contributed by atoms with van der Waals surface area (Å²) >= 11 is 0. The van der Waals surface area contributed by atoms with Crippen molar-refractivity contribution in [2.24, 2.45) is 22.7 Å². The number of aromatic nitrogens is 4. The van der Waals surface area contributed by atoms with E-state index >= 15 is 0 Å². The van der Waals surface area contributed by atoms with Gasteiger partial charge in [-0.25, -0.2) is 0 Å². The Bertz CT molecular complexity index is 1160. The van der Waals surface area contributed by atoms with Crippen LogP contribution in [-0.4, -0.2) is 19.9 Å². The van der Waals surface area contributed by atoms with Gasteiger partial charge in [0.25, 0.3) is 0 Å². The molecule has 6 aliphatic rings. The van der Waals surface area contributed by atoms with Crippen LogP contribution in [0.3, 0.4) is 0 Å². The molecule has 0 saturated heterocycles. The Morgan fingerprint density at radius 1 is 0.594 bits per heavy atom. The molecular formula is C28H30N4. The van der Waals surface area contributed by atoms with Crippen LogP contribution in [0.2, 0.25) is 0 Å². The summed E-state index contributed by atoms with van der Waals surface area (Å²) < 4.78 is 0. The zero-order valence-corrected chi connectivity index (χ0v) is 19.4. The fraction of sp³-hybridized carbons (Fsp3) is 0.500. The Balaban J connectivity index is 1.17. The first-order valence-electron chi connectivity index (χ1n) is 12.1. The van der Waals surface area contributed by atoms with Crippen LogP contribution >= 0.6 is 0 Å². The van der Waals surface area contributed by atoms with Crippen molar-refractivity contribution in [3.05, 3.63) is 59.2 Å². The van der Waals surface area contributed by atoms with E-state index in [9.17, 15) is 0 Å². The van der Waals surface area contributed by atoms with Gasteiger partial charge in [0.15, 0.2) is 0 Å². The van der Waals surface area contributed by atoms with E-state index in [1.54, 1.807) is 0 Å². The highest BCUT2D eigenvalue weighted by molar-refractivity contribution is 5.61. The van der Waals surface area contributed by atoms with E-state index in [4.69, 9.17) is 19.9 Å². The monoisotopic (exact) mass is 422 g/mol. The molecular weight excluding hydrogens is 392 g/mol. The number of rotatable bonds is 2. The first-order valence-corrected chi connectivity index (χ1v) is 12.1. The lowest BCUT2D eigenvalue weighted by Gasteiger charge is -2.57. The lowest BCUT2D eigenvalue weighted by Crippen LogP contribution is -2.48. The first-order chi connectivity index (χ1) is 15.3. The van der Waals surface area contributed by atoms with Gasteiger partial charge in [-0.05, 0) is 94.6 Å². The minimum atomic E-state index is 0.426. The van der Waals surface area contributed by atoms with Crippen LogP contribution in [0, 0.1) is 22.7 Å². The lowest BCUT2D eigenvalue weighted by atomic mass is 9.47. The summed E-state index contributed by atoms with van der Waals surface area (Å²) in [5, 5.41) is 0. The number of pyridine rings is 2. The second-order valence-electron chi connectivity index (χ2n) is 11.8. The van der Waals surface area contributed by atoms with E-state index in [-0.39, 0.29) is 0 Å². The van der Waals surface area contributed by atoms with Crippen molar-refractivity contribution in [3.8, 4) is 22.8 Å². The molecule has 4 bridgehead atoms. The maximum atomic E-state index is 4.77. The van der Waals surface area contributed by atoms with E-state index in [0.717, 1.165) is 47.5 Å². The molecule has 0 spiro atoms. The molecule has 6 aliphatic carbocycles. The molecule has 2 saturated carbocycles. The number of hydrogen-bond donors (Lipinski definition) is 0. The van der Waals surface area contributed by atoms with Crippen molar-refractivity contribution in [2.45, 2.75) is 65.2 Å². The SMILES string of the molecule is CC1(C)[C@H]2Cc3cc(-c4cnc(-c5cc6c(cn5)[C@@H]5C[C@H](C6)C5(C)C)cn4)ncc3[C@@H]1C2. The Hall–Kier alpha value is -2.62. The molecule has 0 N–H and O–H groups in total. The average Bonchev–Trinajstić information content (AvgIpc) is 2.82. The van der Waals surface area contributed by atoms with Crippen LogP contribution in [0.15, 0.2) is 36.9 Å². The molecule has 0 aliphatic heterocycles. The number of nitrogens with zero attached hydrogens (tertiary/aromatic N) is 4. The zero-order chi connectivity index (χ0) is 21.8. The van der Waals surface area contributed by atoms with Crippen molar-refractivity contribution in [1.29, 1.82) is 0 Å². The summed E-state index contributed by atoms with van der Waals surface area (Å²) in [7, 11) is 0. The molecule has 9 rings (SSSR count). The van der Waals surface area contributed by atoms with Gasteiger partial charge in [0, 0.05) is 12.4 Å². The molecule has 3 aromatic rings. The summed E-state index contributed by atoms with van der Waals surface area (Å²) in [6.45, 7) is 9.63. The molecule has 4 atom stereocenters. The van der Waals surface area contributed by atoms with Gasteiger partial charge in [0.1, 0.15) is 11.4 Å². The van der Waals surface area contributed by atoms with Gasteiger partial charge in [0.2, 0.25) is 0 Å².